The van der Waals surface area contributed by atoms with Crippen molar-refractivity contribution in [1.29, 1.82) is 0 Å². The number of hydrogen-bond acceptors (Lipinski definition) is 5. The van der Waals surface area contributed by atoms with Crippen LogP contribution in [0.2, 0.25) is 0 Å². The van der Waals surface area contributed by atoms with E-state index in [1.54, 1.807) is 0 Å². The van der Waals surface area contributed by atoms with Crippen molar-refractivity contribution in [2.45, 2.75) is 181 Å². The Kier molecular flexibility index (Phi) is 10.1. The summed E-state index contributed by atoms with van der Waals surface area (Å²) in [7, 11) is 0. The van der Waals surface area contributed by atoms with Gasteiger partial charge in [-0.15, -0.1) is 0 Å². The van der Waals surface area contributed by atoms with Crippen LogP contribution in [0.15, 0.2) is 112 Å². The van der Waals surface area contributed by atoms with Crippen LogP contribution in [0.5, 0.6) is 0 Å². The van der Waals surface area contributed by atoms with E-state index in [9.17, 15) is 0 Å². The number of oxazole rings is 1. The highest BCUT2D eigenvalue weighted by Gasteiger charge is 2.50. The number of aromatic nitrogens is 1. The molecule has 0 unspecified atom stereocenters. The fraction of sp³-hybridized carbons (Fsp3) is 0.418. The first-order valence-corrected chi connectivity index (χ1v) is 27.2. The van der Waals surface area contributed by atoms with E-state index in [1.807, 2.05) is 0 Å². The van der Waals surface area contributed by atoms with Crippen LogP contribution >= 0.6 is 0 Å². The summed E-state index contributed by atoms with van der Waals surface area (Å²) in [5.41, 5.74) is 21.7. The molecule has 0 radical (unpaired) electrons. The highest BCUT2D eigenvalue weighted by atomic mass is 16.4. The van der Waals surface area contributed by atoms with Gasteiger partial charge in [-0.3, -0.25) is 4.90 Å². The minimum absolute atomic E-state index is 0.00420. The van der Waals surface area contributed by atoms with Crippen LogP contribution in [0.4, 0.5) is 34.3 Å². The standard InChI is InChI=1S/C67H76BN3O2/c1-61(2,3)40-19-22-43(23-20-40)71-54-35-42(63(7,8)9)34-53-57(54)68(58-60(71)73-59(69-58)39-18-26-55-45(32-39)46-33-41(62(4,5)6)21-27-56(46)72-55)51-37-49-50(67(16,17)31-30-66(49,14)15)38-52(51)70(53)44-24-25-47-48(36-44)65(12,13)29-28-64(47,10)11/h18-27,32-38H,28-31H2,1-17H3. The Labute approximate surface area is 435 Å². The molecular formula is C67H76BN3O2. The van der Waals surface area contributed by atoms with Crippen LogP contribution in [0.25, 0.3) is 33.4 Å². The Balaban J connectivity index is 1.18. The second kappa shape index (κ2) is 15.3. The first-order valence-electron chi connectivity index (χ1n) is 27.2. The van der Waals surface area contributed by atoms with Crippen LogP contribution in [0, 0.1) is 0 Å². The maximum atomic E-state index is 7.44. The van der Waals surface area contributed by atoms with Gasteiger partial charge in [0.05, 0.1) is 5.59 Å². The third-order valence-electron chi connectivity index (χ3n) is 18.1. The molecule has 0 atom stereocenters. The van der Waals surface area contributed by atoms with Crippen molar-refractivity contribution in [1.82, 2.24) is 4.98 Å². The summed E-state index contributed by atoms with van der Waals surface area (Å²) in [6, 6.07) is 40.0. The Bertz CT molecular complexity index is 3590. The van der Waals surface area contributed by atoms with Gasteiger partial charge >= 0.3 is 0 Å². The Hall–Kier alpha value is -6.01. The minimum Gasteiger partial charge on any atom is -0.456 e. The summed E-state index contributed by atoms with van der Waals surface area (Å²) >= 11 is 0. The molecule has 6 heteroatoms. The molecule has 0 amide bonds. The lowest BCUT2D eigenvalue weighted by atomic mass is 9.34. The maximum Gasteiger partial charge on any atom is 0.279 e. The van der Waals surface area contributed by atoms with Gasteiger partial charge < -0.3 is 13.7 Å². The van der Waals surface area contributed by atoms with Crippen molar-refractivity contribution < 1.29 is 8.83 Å². The molecule has 374 valence electrons. The molecule has 12 rings (SSSR count). The van der Waals surface area contributed by atoms with Gasteiger partial charge in [-0.05, 0) is 186 Å². The molecular weight excluding hydrogens is 890 g/mol. The minimum atomic E-state index is -0.199. The fourth-order valence-corrected chi connectivity index (χ4v) is 13.0. The number of anilines is 6. The summed E-state index contributed by atoms with van der Waals surface area (Å²) in [5, 5.41) is 2.18. The van der Waals surface area contributed by atoms with Gasteiger partial charge in [-0.1, -0.05) is 148 Å². The van der Waals surface area contributed by atoms with Crippen molar-refractivity contribution in [2.24, 2.45) is 0 Å². The molecule has 5 nitrogen and oxygen atoms in total. The highest BCUT2D eigenvalue weighted by molar-refractivity contribution is 6.99. The Morgan fingerprint density at radius 3 is 1.56 bits per heavy atom. The molecule has 0 bridgehead atoms. The second-order valence-electron chi connectivity index (χ2n) is 28.3. The topological polar surface area (TPSA) is 45.7 Å². The smallest absolute Gasteiger partial charge is 0.279 e. The SMILES string of the molecule is CC(C)(C)c1ccc(N2c3cc(C(C)(C)C)cc4c3B(c3cc5c(cc3N4c3ccc4c(c3)C(C)(C)CCC4(C)C)C(C)(C)CCC5(C)C)c3nc(-c4ccc5oc6ccc(C(C)(C)C)cc6c5c4)oc32)cc1. The first kappa shape index (κ1) is 48.0. The molecule has 0 fully saturated rings. The first-order chi connectivity index (χ1) is 34.0. The van der Waals surface area contributed by atoms with Crippen LogP contribution in [0.1, 0.15) is 182 Å². The third kappa shape index (κ3) is 7.41. The largest absolute Gasteiger partial charge is 0.456 e. The Morgan fingerprint density at radius 2 is 0.959 bits per heavy atom. The molecule has 2 aromatic heterocycles. The molecule has 0 saturated carbocycles. The molecule has 73 heavy (non-hydrogen) atoms. The summed E-state index contributed by atoms with van der Waals surface area (Å²) < 4.78 is 13.9. The zero-order valence-electron chi connectivity index (χ0n) is 46.9. The predicted octanol–water partition coefficient (Wildman–Crippen LogP) is 16.9. The zero-order valence-corrected chi connectivity index (χ0v) is 46.9. The van der Waals surface area contributed by atoms with Gasteiger partial charge in [0, 0.05) is 44.8 Å². The van der Waals surface area contributed by atoms with Crippen molar-refractivity contribution >= 4 is 79.5 Å². The Morgan fingerprint density at radius 1 is 0.452 bits per heavy atom. The number of benzene rings is 6. The van der Waals surface area contributed by atoms with Crippen LogP contribution in [0.3, 0.4) is 0 Å². The van der Waals surface area contributed by atoms with Crippen LogP contribution in [-0.4, -0.2) is 11.7 Å². The van der Waals surface area contributed by atoms with Gasteiger partial charge in [0.25, 0.3) is 6.71 Å². The highest BCUT2D eigenvalue weighted by Crippen LogP contribution is 2.53. The molecule has 2 aliphatic heterocycles. The summed E-state index contributed by atoms with van der Waals surface area (Å²) in [6.07, 6.45) is 4.60. The van der Waals surface area contributed by atoms with E-state index in [4.69, 9.17) is 13.8 Å². The van der Waals surface area contributed by atoms with Crippen LogP contribution in [-0.2, 0) is 37.9 Å². The van der Waals surface area contributed by atoms with E-state index in [0.29, 0.717) is 5.89 Å². The monoisotopic (exact) mass is 966 g/mol. The van der Waals surface area contributed by atoms with Crippen molar-refractivity contribution in [3.8, 4) is 11.5 Å². The zero-order chi connectivity index (χ0) is 51.9. The lowest BCUT2D eigenvalue weighted by molar-refractivity contribution is 0.332. The average Bonchev–Trinajstić information content (AvgIpc) is 3.92. The maximum absolute atomic E-state index is 7.44. The number of nitrogens with zero attached hydrogens (tertiary/aromatic N) is 3. The van der Waals surface area contributed by atoms with E-state index >= 15 is 0 Å². The molecule has 0 N–H and O–H groups in total. The van der Waals surface area contributed by atoms with E-state index in [0.717, 1.165) is 69.6 Å². The molecule has 4 aliphatic rings. The van der Waals surface area contributed by atoms with Gasteiger partial charge in [-0.2, -0.15) is 0 Å². The van der Waals surface area contributed by atoms with Gasteiger partial charge in [-0.25, -0.2) is 4.98 Å². The van der Waals surface area contributed by atoms with E-state index in [-0.39, 0.29) is 44.6 Å². The molecule has 4 heterocycles. The summed E-state index contributed by atoms with van der Waals surface area (Å²) in [4.78, 5) is 10.8. The molecule has 0 spiro atoms. The fourth-order valence-electron chi connectivity index (χ4n) is 13.0. The third-order valence-corrected chi connectivity index (χ3v) is 18.1. The lowest BCUT2D eigenvalue weighted by Crippen LogP contribution is -2.62. The number of furan rings is 1. The average molecular weight is 966 g/mol. The van der Waals surface area contributed by atoms with Crippen molar-refractivity contribution in [2.75, 3.05) is 9.80 Å². The number of fused-ring (bicyclic) bond motifs is 9. The van der Waals surface area contributed by atoms with Gasteiger partial charge in [0.2, 0.25) is 11.8 Å². The summed E-state index contributed by atoms with van der Waals surface area (Å²) in [6.45, 7) is 40.2. The van der Waals surface area contributed by atoms with Crippen molar-refractivity contribution in [3.63, 3.8) is 0 Å². The number of hydrogen-bond donors (Lipinski definition) is 0. The molecule has 8 aromatic rings. The number of rotatable bonds is 3. The van der Waals surface area contributed by atoms with Crippen LogP contribution < -0.4 is 26.3 Å². The van der Waals surface area contributed by atoms with Gasteiger partial charge in [0.1, 0.15) is 11.2 Å². The van der Waals surface area contributed by atoms with Gasteiger partial charge in [0.15, 0.2) is 0 Å². The normalized spacial score (nSPS) is 18.3. The summed E-state index contributed by atoms with van der Waals surface area (Å²) in [5.74, 6) is 1.38. The van der Waals surface area contributed by atoms with E-state index in [2.05, 4.69) is 231 Å². The molecule has 6 aromatic carbocycles. The second-order valence-corrected chi connectivity index (χ2v) is 28.3. The molecule has 2 aliphatic carbocycles. The van der Waals surface area contributed by atoms with E-state index in [1.165, 1.54) is 73.4 Å². The quantitative estimate of drug-likeness (QED) is 0.165. The molecule has 0 saturated heterocycles. The van der Waals surface area contributed by atoms with Crippen molar-refractivity contribution in [3.05, 3.63) is 142 Å². The lowest BCUT2D eigenvalue weighted by Gasteiger charge is -2.47. The predicted molar refractivity (Wildman–Crippen MR) is 310 cm³/mol. The van der Waals surface area contributed by atoms with E-state index < -0.39 is 0 Å².